The van der Waals surface area contributed by atoms with Gasteiger partial charge in [0, 0.05) is 5.69 Å². The van der Waals surface area contributed by atoms with Gasteiger partial charge in [0.1, 0.15) is 0 Å². The van der Waals surface area contributed by atoms with E-state index in [9.17, 15) is 4.79 Å². The third-order valence-corrected chi connectivity index (χ3v) is 2.51. The van der Waals surface area contributed by atoms with Crippen LogP contribution >= 0.6 is 0 Å². The third-order valence-electron chi connectivity index (χ3n) is 2.51. The van der Waals surface area contributed by atoms with Crippen molar-refractivity contribution in [2.45, 2.75) is 12.8 Å². The molecule has 2 rings (SSSR count). The molecule has 1 N–H and O–H groups in total. The molecule has 1 aliphatic carbocycles. The number of benzene rings is 1. The van der Waals surface area contributed by atoms with E-state index in [1.807, 2.05) is 24.3 Å². The van der Waals surface area contributed by atoms with Crippen LogP contribution in [0.15, 0.2) is 43.0 Å². The number of allylic oxidation sites excluding steroid dienone is 2. The molecule has 15 heavy (non-hydrogen) atoms. The summed E-state index contributed by atoms with van der Waals surface area (Å²) < 4.78 is 0. The first-order valence-corrected chi connectivity index (χ1v) is 5.02. The Morgan fingerprint density at radius 3 is 2.47 bits per heavy atom. The first kappa shape index (κ1) is 9.71. The van der Waals surface area contributed by atoms with Crippen molar-refractivity contribution < 1.29 is 4.79 Å². The second-order valence-corrected chi connectivity index (χ2v) is 3.54. The van der Waals surface area contributed by atoms with Gasteiger partial charge in [0.15, 0.2) is 0 Å². The van der Waals surface area contributed by atoms with Gasteiger partial charge >= 0.3 is 0 Å². The molecule has 76 valence electrons. The Labute approximate surface area is 89.3 Å². The first-order valence-electron chi connectivity index (χ1n) is 5.02. The maximum Gasteiger partial charge on any atom is 0.247 e. The van der Waals surface area contributed by atoms with Gasteiger partial charge in [-0.3, -0.25) is 4.79 Å². The molecule has 1 aromatic rings. The average Bonchev–Trinajstić information content (AvgIpc) is 2.18. The molecule has 0 bridgehead atoms. The molecule has 1 aromatic carbocycles. The smallest absolute Gasteiger partial charge is 0.247 e. The monoisotopic (exact) mass is 199 g/mol. The Balaban J connectivity index is 2.09. The molecule has 0 aromatic heterocycles. The van der Waals surface area contributed by atoms with Gasteiger partial charge in [0.05, 0.1) is 0 Å². The predicted octanol–water partition coefficient (Wildman–Crippen LogP) is 2.99. The Morgan fingerprint density at radius 1 is 1.33 bits per heavy atom. The summed E-state index contributed by atoms with van der Waals surface area (Å²) in [6.07, 6.45) is 5.85. The summed E-state index contributed by atoms with van der Waals surface area (Å²) in [5, 5.41) is 2.72. The normalized spacial score (nSPS) is 13.7. The fourth-order valence-electron chi connectivity index (χ4n) is 1.51. The van der Waals surface area contributed by atoms with Crippen LogP contribution < -0.4 is 5.32 Å². The maximum absolute atomic E-state index is 11.0. The van der Waals surface area contributed by atoms with Gasteiger partial charge in [-0.15, -0.1) is 0 Å². The molecule has 0 heterocycles. The standard InChI is InChI=1S/C13H13NO/c1-2-13(15)14-12-8-6-11(7-9-12)10-4-3-5-10/h2,4,6-9H,1,3,5H2,(H,14,15). The number of hydrogen-bond acceptors (Lipinski definition) is 1. The largest absolute Gasteiger partial charge is 0.323 e. The third kappa shape index (κ3) is 2.15. The van der Waals surface area contributed by atoms with E-state index in [0.717, 1.165) is 5.69 Å². The van der Waals surface area contributed by atoms with Crippen molar-refractivity contribution in [3.63, 3.8) is 0 Å². The minimum Gasteiger partial charge on any atom is -0.323 e. The second kappa shape index (κ2) is 4.13. The van der Waals surface area contributed by atoms with Crippen LogP contribution in [0.5, 0.6) is 0 Å². The highest BCUT2D eigenvalue weighted by Gasteiger charge is 2.07. The lowest BCUT2D eigenvalue weighted by molar-refractivity contribution is -0.111. The van der Waals surface area contributed by atoms with Crippen LogP contribution in [0.3, 0.4) is 0 Å². The lowest BCUT2D eigenvalue weighted by Gasteiger charge is -2.14. The highest BCUT2D eigenvalue weighted by Crippen LogP contribution is 2.29. The van der Waals surface area contributed by atoms with E-state index >= 15 is 0 Å². The summed E-state index contributed by atoms with van der Waals surface area (Å²) in [4.78, 5) is 11.0. The van der Waals surface area contributed by atoms with Crippen molar-refractivity contribution in [3.8, 4) is 0 Å². The number of amides is 1. The minimum atomic E-state index is -0.175. The van der Waals surface area contributed by atoms with Gasteiger partial charge in [-0.1, -0.05) is 24.8 Å². The highest BCUT2D eigenvalue weighted by molar-refractivity contribution is 5.98. The summed E-state index contributed by atoms with van der Waals surface area (Å²) in [5.74, 6) is -0.175. The number of hydrogen-bond donors (Lipinski definition) is 1. The van der Waals surface area contributed by atoms with Crippen LogP contribution in [0, 0.1) is 0 Å². The summed E-state index contributed by atoms with van der Waals surface area (Å²) in [7, 11) is 0. The van der Waals surface area contributed by atoms with E-state index in [2.05, 4.69) is 18.0 Å². The van der Waals surface area contributed by atoms with Crippen molar-refractivity contribution in [1.82, 2.24) is 0 Å². The highest BCUT2D eigenvalue weighted by atomic mass is 16.1. The van der Waals surface area contributed by atoms with Crippen LogP contribution in [0.2, 0.25) is 0 Å². The molecule has 0 aliphatic heterocycles. The molecule has 0 radical (unpaired) electrons. The number of carbonyl (C=O) groups is 1. The van der Waals surface area contributed by atoms with Crippen LogP contribution in [0.25, 0.3) is 5.57 Å². The molecule has 0 spiro atoms. The molecule has 0 fully saturated rings. The van der Waals surface area contributed by atoms with Gasteiger partial charge in [-0.25, -0.2) is 0 Å². The van der Waals surface area contributed by atoms with Gasteiger partial charge < -0.3 is 5.32 Å². The lowest BCUT2D eigenvalue weighted by Crippen LogP contribution is -2.07. The number of nitrogens with one attached hydrogen (secondary N) is 1. The number of rotatable bonds is 3. The van der Waals surface area contributed by atoms with E-state index in [-0.39, 0.29) is 5.91 Å². The first-order chi connectivity index (χ1) is 7.29. The van der Waals surface area contributed by atoms with E-state index < -0.39 is 0 Å². The Morgan fingerprint density at radius 2 is 2.00 bits per heavy atom. The fourth-order valence-corrected chi connectivity index (χ4v) is 1.51. The van der Waals surface area contributed by atoms with Gasteiger partial charge in [0.2, 0.25) is 5.91 Å². The molecule has 2 nitrogen and oxygen atoms in total. The summed E-state index contributed by atoms with van der Waals surface area (Å²) >= 11 is 0. The van der Waals surface area contributed by atoms with Crippen molar-refractivity contribution in [2.24, 2.45) is 0 Å². The van der Waals surface area contributed by atoms with Crippen molar-refractivity contribution in [2.75, 3.05) is 5.32 Å². The van der Waals surface area contributed by atoms with Crippen molar-refractivity contribution >= 4 is 17.2 Å². The van der Waals surface area contributed by atoms with Crippen LogP contribution in [0.1, 0.15) is 18.4 Å². The Hall–Kier alpha value is -1.83. The zero-order valence-electron chi connectivity index (χ0n) is 8.49. The molecular weight excluding hydrogens is 186 g/mol. The van der Waals surface area contributed by atoms with Gasteiger partial charge in [-0.2, -0.15) is 0 Å². The van der Waals surface area contributed by atoms with Crippen molar-refractivity contribution in [1.29, 1.82) is 0 Å². The molecule has 1 aliphatic rings. The zero-order valence-corrected chi connectivity index (χ0v) is 8.49. The summed E-state index contributed by atoms with van der Waals surface area (Å²) in [5.41, 5.74) is 3.46. The Bertz CT molecular complexity index is 415. The second-order valence-electron chi connectivity index (χ2n) is 3.54. The maximum atomic E-state index is 11.0. The van der Waals surface area contributed by atoms with E-state index in [0.29, 0.717) is 0 Å². The SMILES string of the molecule is C=CC(=O)Nc1ccc(C2=CCC2)cc1. The lowest BCUT2D eigenvalue weighted by atomic mass is 9.92. The molecule has 2 heteroatoms. The minimum absolute atomic E-state index is 0.175. The van der Waals surface area contributed by atoms with Crippen LogP contribution in [-0.2, 0) is 4.79 Å². The molecule has 0 atom stereocenters. The molecule has 0 unspecified atom stereocenters. The number of anilines is 1. The predicted molar refractivity (Wildman–Crippen MR) is 62.5 cm³/mol. The van der Waals surface area contributed by atoms with Crippen molar-refractivity contribution in [3.05, 3.63) is 48.6 Å². The summed E-state index contributed by atoms with van der Waals surface area (Å²) in [6, 6.07) is 7.89. The molecular formula is C13H13NO. The molecule has 0 saturated heterocycles. The number of carbonyl (C=O) groups excluding carboxylic acids is 1. The van der Waals surface area contributed by atoms with Crippen LogP contribution in [0.4, 0.5) is 5.69 Å². The van der Waals surface area contributed by atoms with Gasteiger partial charge in [0.25, 0.3) is 0 Å². The summed E-state index contributed by atoms with van der Waals surface area (Å²) in [6.45, 7) is 3.40. The van der Waals surface area contributed by atoms with Gasteiger partial charge in [-0.05, 0) is 42.2 Å². The van der Waals surface area contributed by atoms with Crippen LogP contribution in [-0.4, -0.2) is 5.91 Å². The molecule has 0 saturated carbocycles. The average molecular weight is 199 g/mol. The Kier molecular flexibility index (Phi) is 2.68. The van der Waals surface area contributed by atoms with E-state index in [1.165, 1.54) is 30.1 Å². The fraction of sp³-hybridized carbons (Fsp3) is 0.154. The molecule has 1 amide bonds. The van der Waals surface area contributed by atoms with E-state index in [4.69, 9.17) is 0 Å². The quantitative estimate of drug-likeness (QED) is 0.745. The van der Waals surface area contributed by atoms with E-state index in [1.54, 1.807) is 0 Å². The topological polar surface area (TPSA) is 29.1 Å². The zero-order chi connectivity index (χ0) is 10.7.